The number of H-pyrrole nitrogens is 1. The van der Waals surface area contributed by atoms with Gasteiger partial charge in [0.2, 0.25) is 11.8 Å². The van der Waals surface area contributed by atoms with Crippen LogP contribution < -0.4 is 10.9 Å². The second kappa shape index (κ2) is 11.3. The van der Waals surface area contributed by atoms with E-state index < -0.39 is 18.3 Å². The Morgan fingerprint density at radius 2 is 1.69 bits per heavy atom. The van der Waals surface area contributed by atoms with Crippen LogP contribution >= 0.6 is 0 Å². The Kier molecular flexibility index (Phi) is 7.93. The molecule has 1 saturated heterocycles. The standard InChI is InChI=1S/C28H31FN4O3/c1-18(2)19-8-10-21(11-9-19)27(20-6-4-3-5-7-20)30-28(36)24-16-22(29)17-33(24)26(35)15-13-23-12-14-25(34)32-31-23/h3-12,14,18,22,24,27H,13,15-17H2,1-2H3,(H,30,36)(H,32,34). The van der Waals surface area contributed by atoms with Crippen LogP contribution in [0.25, 0.3) is 0 Å². The van der Waals surface area contributed by atoms with Crippen molar-refractivity contribution in [3.8, 4) is 0 Å². The van der Waals surface area contributed by atoms with E-state index >= 15 is 0 Å². The first-order valence-corrected chi connectivity index (χ1v) is 12.2. The quantitative estimate of drug-likeness (QED) is 0.504. The lowest BCUT2D eigenvalue weighted by Crippen LogP contribution is -2.47. The summed E-state index contributed by atoms with van der Waals surface area (Å²) in [6, 6.07) is 19.3. The SMILES string of the molecule is CC(C)c1ccc(C(NC(=O)C2CC(F)CN2C(=O)CCc2ccc(=O)[nH]n2)c2ccccc2)cc1. The van der Waals surface area contributed by atoms with E-state index in [9.17, 15) is 18.8 Å². The summed E-state index contributed by atoms with van der Waals surface area (Å²) in [4.78, 5) is 38.9. The van der Waals surface area contributed by atoms with Crippen LogP contribution in [0.2, 0.25) is 0 Å². The van der Waals surface area contributed by atoms with Gasteiger partial charge < -0.3 is 10.2 Å². The highest BCUT2D eigenvalue weighted by Crippen LogP contribution is 2.27. The number of rotatable bonds is 8. The predicted molar refractivity (Wildman–Crippen MR) is 135 cm³/mol. The van der Waals surface area contributed by atoms with E-state index in [-0.39, 0.29) is 43.2 Å². The molecule has 3 atom stereocenters. The first kappa shape index (κ1) is 25.3. The van der Waals surface area contributed by atoms with E-state index in [1.54, 1.807) is 6.07 Å². The van der Waals surface area contributed by atoms with Gasteiger partial charge in [0.1, 0.15) is 12.2 Å². The fourth-order valence-corrected chi connectivity index (χ4v) is 4.52. The molecule has 0 saturated carbocycles. The fraction of sp³-hybridized carbons (Fsp3) is 0.357. The Morgan fingerprint density at radius 1 is 1.03 bits per heavy atom. The molecule has 1 aliphatic rings. The lowest BCUT2D eigenvalue weighted by atomic mass is 9.95. The third-order valence-electron chi connectivity index (χ3n) is 6.56. The number of alkyl halides is 1. The molecular formula is C28H31FN4O3. The lowest BCUT2D eigenvalue weighted by Gasteiger charge is -2.27. The Morgan fingerprint density at radius 3 is 2.33 bits per heavy atom. The molecule has 2 aromatic carbocycles. The molecule has 3 unspecified atom stereocenters. The summed E-state index contributed by atoms with van der Waals surface area (Å²) in [7, 11) is 0. The van der Waals surface area contributed by atoms with Crippen LogP contribution in [-0.2, 0) is 16.0 Å². The van der Waals surface area contributed by atoms with Crippen LogP contribution in [0.3, 0.4) is 0 Å². The van der Waals surface area contributed by atoms with Gasteiger partial charge in [-0.1, -0.05) is 68.4 Å². The second-order valence-corrected chi connectivity index (χ2v) is 9.48. The monoisotopic (exact) mass is 490 g/mol. The third-order valence-corrected chi connectivity index (χ3v) is 6.56. The molecule has 2 heterocycles. The number of carbonyl (C=O) groups is 2. The van der Waals surface area contributed by atoms with Gasteiger partial charge >= 0.3 is 0 Å². The average Bonchev–Trinajstić information content (AvgIpc) is 3.29. The number of amides is 2. The highest BCUT2D eigenvalue weighted by atomic mass is 19.1. The van der Waals surface area contributed by atoms with Crippen molar-refractivity contribution in [2.45, 2.75) is 57.3 Å². The zero-order chi connectivity index (χ0) is 25.7. The van der Waals surface area contributed by atoms with Crippen molar-refractivity contribution in [1.82, 2.24) is 20.4 Å². The van der Waals surface area contributed by atoms with Gasteiger partial charge in [0.25, 0.3) is 5.56 Å². The first-order valence-electron chi connectivity index (χ1n) is 12.2. The van der Waals surface area contributed by atoms with E-state index in [1.807, 2.05) is 42.5 Å². The zero-order valence-corrected chi connectivity index (χ0v) is 20.5. The van der Waals surface area contributed by atoms with Gasteiger partial charge in [-0.15, -0.1) is 0 Å². The van der Waals surface area contributed by atoms with Crippen LogP contribution in [0.4, 0.5) is 4.39 Å². The van der Waals surface area contributed by atoms with Crippen molar-refractivity contribution in [3.05, 3.63) is 99.5 Å². The first-order chi connectivity index (χ1) is 17.3. The predicted octanol–water partition coefficient (Wildman–Crippen LogP) is 3.67. The summed E-state index contributed by atoms with van der Waals surface area (Å²) in [5.41, 5.74) is 3.24. The highest BCUT2D eigenvalue weighted by Gasteiger charge is 2.40. The minimum atomic E-state index is -1.27. The maximum absolute atomic E-state index is 14.4. The van der Waals surface area contributed by atoms with E-state index in [1.165, 1.54) is 16.5 Å². The van der Waals surface area contributed by atoms with Crippen LogP contribution in [0.15, 0.2) is 71.5 Å². The Balaban J connectivity index is 1.50. The van der Waals surface area contributed by atoms with Crippen LogP contribution in [0.5, 0.6) is 0 Å². The third kappa shape index (κ3) is 6.05. The molecule has 0 aliphatic carbocycles. The fourth-order valence-electron chi connectivity index (χ4n) is 4.52. The minimum absolute atomic E-state index is 0.0394. The van der Waals surface area contributed by atoms with Crippen LogP contribution in [0.1, 0.15) is 61.0 Å². The highest BCUT2D eigenvalue weighted by molar-refractivity contribution is 5.89. The number of aromatic amines is 1. The van der Waals surface area contributed by atoms with Gasteiger partial charge in [0.15, 0.2) is 0 Å². The van der Waals surface area contributed by atoms with Crippen molar-refractivity contribution in [1.29, 1.82) is 0 Å². The van der Waals surface area contributed by atoms with E-state index in [0.29, 0.717) is 11.6 Å². The number of hydrogen-bond acceptors (Lipinski definition) is 4. The van der Waals surface area contributed by atoms with Gasteiger partial charge in [-0.2, -0.15) is 5.10 Å². The topological polar surface area (TPSA) is 95.2 Å². The molecule has 3 aromatic rings. The van der Waals surface area contributed by atoms with Gasteiger partial charge in [-0.3, -0.25) is 14.4 Å². The van der Waals surface area contributed by atoms with Gasteiger partial charge in [-0.25, -0.2) is 9.49 Å². The number of carbonyl (C=O) groups excluding carboxylic acids is 2. The molecule has 188 valence electrons. The number of nitrogens with zero attached hydrogens (tertiary/aromatic N) is 2. The second-order valence-electron chi connectivity index (χ2n) is 9.48. The van der Waals surface area contributed by atoms with Crippen molar-refractivity contribution in [2.24, 2.45) is 0 Å². The van der Waals surface area contributed by atoms with Crippen molar-refractivity contribution in [2.75, 3.05) is 6.54 Å². The van der Waals surface area contributed by atoms with Crippen LogP contribution in [0, 0.1) is 0 Å². The molecule has 0 radical (unpaired) electrons. The Hall–Kier alpha value is -3.81. The summed E-state index contributed by atoms with van der Waals surface area (Å²) in [6.07, 6.45) is -0.959. The summed E-state index contributed by atoms with van der Waals surface area (Å²) in [5.74, 6) is -0.317. The van der Waals surface area contributed by atoms with Gasteiger partial charge in [-0.05, 0) is 28.7 Å². The maximum atomic E-state index is 14.4. The summed E-state index contributed by atoms with van der Waals surface area (Å²) >= 11 is 0. The Bertz CT molecular complexity index is 1220. The van der Waals surface area contributed by atoms with Crippen molar-refractivity contribution < 1.29 is 14.0 Å². The summed E-state index contributed by atoms with van der Waals surface area (Å²) < 4.78 is 14.4. The normalized spacial score (nSPS) is 18.3. The van der Waals surface area contributed by atoms with Crippen LogP contribution in [-0.4, -0.2) is 45.7 Å². The van der Waals surface area contributed by atoms with Crippen molar-refractivity contribution >= 4 is 11.8 Å². The zero-order valence-electron chi connectivity index (χ0n) is 20.5. The van der Waals surface area contributed by atoms with E-state index in [0.717, 1.165) is 11.1 Å². The Labute approximate surface area is 209 Å². The molecule has 1 fully saturated rings. The number of aromatic nitrogens is 2. The number of aryl methyl sites for hydroxylation is 1. The number of likely N-dealkylation sites (tertiary alicyclic amines) is 1. The smallest absolute Gasteiger partial charge is 0.264 e. The number of hydrogen-bond donors (Lipinski definition) is 2. The number of benzene rings is 2. The number of nitrogens with one attached hydrogen (secondary N) is 2. The van der Waals surface area contributed by atoms with Gasteiger partial charge in [0, 0.05) is 25.3 Å². The molecule has 1 aliphatic heterocycles. The molecule has 8 heteroatoms. The lowest BCUT2D eigenvalue weighted by molar-refractivity contribution is -0.138. The molecule has 0 spiro atoms. The number of halogens is 1. The van der Waals surface area contributed by atoms with Gasteiger partial charge in [0.05, 0.1) is 18.3 Å². The molecular weight excluding hydrogens is 459 g/mol. The summed E-state index contributed by atoms with van der Waals surface area (Å²) in [6.45, 7) is 4.13. The molecule has 7 nitrogen and oxygen atoms in total. The maximum Gasteiger partial charge on any atom is 0.264 e. The molecule has 4 rings (SSSR count). The van der Waals surface area contributed by atoms with E-state index in [2.05, 4.69) is 41.5 Å². The van der Waals surface area contributed by atoms with E-state index in [4.69, 9.17) is 0 Å². The average molecular weight is 491 g/mol. The molecule has 0 bridgehead atoms. The molecule has 2 amide bonds. The summed E-state index contributed by atoms with van der Waals surface area (Å²) in [5, 5.41) is 9.32. The van der Waals surface area contributed by atoms with Crippen molar-refractivity contribution in [3.63, 3.8) is 0 Å². The molecule has 36 heavy (non-hydrogen) atoms. The molecule has 2 N–H and O–H groups in total. The largest absolute Gasteiger partial charge is 0.343 e. The minimum Gasteiger partial charge on any atom is -0.343 e. The molecule has 1 aromatic heterocycles.